The molecule has 1 N–H and O–H groups in total. The first kappa shape index (κ1) is 24.0. The predicted molar refractivity (Wildman–Crippen MR) is 112 cm³/mol. The first-order chi connectivity index (χ1) is 13.4. The molecule has 1 aliphatic heterocycles. The second-order valence-corrected chi connectivity index (χ2v) is 7.49. The van der Waals surface area contributed by atoms with E-state index in [-0.39, 0.29) is 12.2 Å². The van der Waals surface area contributed by atoms with Crippen molar-refractivity contribution in [1.29, 1.82) is 0 Å². The van der Waals surface area contributed by atoms with E-state index in [2.05, 4.69) is 28.3 Å². The Bertz CT molecular complexity index is 718. The van der Waals surface area contributed by atoms with Crippen molar-refractivity contribution in [3.05, 3.63) is 44.9 Å². The first-order valence-corrected chi connectivity index (χ1v) is 10.4. The van der Waals surface area contributed by atoms with Gasteiger partial charge in [-0.05, 0) is 68.2 Å². The number of allylic oxidation sites excluding steroid dienone is 4. The number of halogens is 2. The number of thiophene rings is 1. The highest BCUT2D eigenvalue weighted by Gasteiger charge is 2.17. The molecule has 28 heavy (non-hydrogen) atoms. The number of aliphatic imine (C=N–C) groups is 1. The molecular formula is C21H30F2N2O2S. The lowest BCUT2D eigenvalue weighted by Crippen LogP contribution is -2.17. The van der Waals surface area contributed by atoms with Gasteiger partial charge in [-0.2, -0.15) is 0 Å². The van der Waals surface area contributed by atoms with Gasteiger partial charge in [0, 0.05) is 18.8 Å². The summed E-state index contributed by atoms with van der Waals surface area (Å²) < 4.78 is 27.1. The van der Waals surface area contributed by atoms with E-state index in [0.717, 1.165) is 30.1 Å². The quantitative estimate of drug-likeness (QED) is 0.458. The third-order valence-electron chi connectivity index (χ3n) is 4.68. The van der Waals surface area contributed by atoms with Crippen molar-refractivity contribution >= 4 is 23.5 Å². The van der Waals surface area contributed by atoms with Crippen molar-refractivity contribution in [2.45, 2.75) is 59.8 Å². The molecule has 0 aliphatic carbocycles. The van der Waals surface area contributed by atoms with Gasteiger partial charge in [0.15, 0.2) is 0 Å². The molecule has 1 saturated heterocycles. The van der Waals surface area contributed by atoms with Crippen LogP contribution in [0.3, 0.4) is 0 Å². The molecular weight excluding hydrogens is 382 g/mol. The van der Waals surface area contributed by atoms with E-state index >= 15 is 0 Å². The van der Waals surface area contributed by atoms with Crippen LogP contribution in [0, 0.1) is 0 Å². The van der Waals surface area contributed by atoms with Gasteiger partial charge in [-0.15, -0.1) is 11.3 Å². The largest absolute Gasteiger partial charge is 0.483 e. The summed E-state index contributed by atoms with van der Waals surface area (Å²) >= 11 is 1.58. The smallest absolute Gasteiger partial charge is 0.290 e. The number of aryl methyl sites for hydroxylation is 1. The summed E-state index contributed by atoms with van der Waals surface area (Å²) in [6, 6.07) is 2.07. The third-order valence-corrected chi connectivity index (χ3v) is 5.68. The lowest BCUT2D eigenvalue weighted by molar-refractivity contribution is -0.122. The van der Waals surface area contributed by atoms with E-state index in [1.54, 1.807) is 18.3 Å². The van der Waals surface area contributed by atoms with Crippen molar-refractivity contribution in [1.82, 2.24) is 4.90 Å². The Hall–Kier alpha value is -2.02. The monoisotopic (exact) mass is 412 g/mol. The van der Waals surface area contributed by atoms with Crippen molar-refractivity contribution < 1.29 is 18.7 Å². The lowest BCUT2D eigenvalue weighted by Gasteiger charge is -2.18. The van der Waals surface area contributed by atoms with Crippen molar-refractivity contribution in [2.24, 2.45) is 4.99 Å². The van der Waals surface area contributed by atoms with Gasteiger partial charge in [-0.1, -0.05) is 13.8 Å². The predicted octanol–water partition coefficient (Wildman–Crippen LogP) is 5.75. The van der Waals surface area contributed by atoms with E-state index < -0.39 is 6.43 Å². The van der Waals surface area contributed by atoms with Gasteiger partial charge >= 0.3 is 0 Å². The Kier molecular flexibility index (Phi) is 10.7. The minimum Gasteiger partial charge on any atom is -0.483 e. The molecule has 4 nitrogen and oxygen atoms in total. The van der Waals surface area contributed by atoms with Gasteiger partial charge in [0.2, 0.25) is 0 Å². The molecule has 0 bridgehead atoms. The van der Waals surface area contributed by atoms with Gasteiger partial charge in [0.25, 0.3) is 12.9 Å². The Morgan fingerprint density at radius 1 is 1.32 bits per heavy atom. The Morgan fingerprint density at radius 2 is 1.93 bits per heavy atom. The summed E-state index contributed by atoms with van der Waals surface area (Å²) in [6.07, 6.45) is 3.31. The van der Waals surface area contributed by atoms with Crippen LogP contribution < -0.4 is 0 Å². The van der Waals surface area contributed by atoms with E-state index in [1.807, 2.05) is 19.9 Å². The molecule has 0 saturated carbocycles. The number of hydrogen-bond acceptors (Lipinski definition) is 4. The van der Waals surface area contributed by atoms with E-state index in [4.69, 9.17) is 9.90 Å². The average molecular weight is 413 g/mol. The summed E-state index contributed by atoms with van der Waals surface area (Å²) in [5.41, 5.74) is 3.53. The number of likely N-dealkylation sites (tertiary alicyclic amines) is 1. The molecule has 2 rings (SSSR count). The molecule has 0 aromatic carbocycles. The number of hydrogen-bond donors (Lipinski definition) is 1. The summed E-state index contributed by atoms with van der Waals surface area (Å²) in [5, 5.41) is 8.97. The molecule has 2 heterocycles. The molecule has 1 aromatic rings. The fraction of sp³-hybridized carbons (Fsp3) is 0.524. The number of alkyl halides is 2. The highest BCUT2D eigenvalue weighted by atomic mass is 32.1. The van der Waals surface area contributed by atoms with Crippen LogP contribution in [0.4, 0.5) is 8.78 Å². The topological polar surface area (TPSA) is 52.9 Å². The van der Waals surface area contributed by atoms with Gasteiger partial charge in [0.1, 0.15) is 5.70 Å². The maximum atomic E-state index is 13.5. The second kappa shape index (κ2) is 12.4. The molecule has 0 unspecified atom stereocenters. The van der Waals surface area contributed by atoms with E-state index in [1.165, 1.54) is 18.4 Å². The van der Waals surface area contributed by atoms with Gasteiger partial charge in [-0.25, -0.2) is 13.8 Å². The molecule has 0 radical (unpaired) electrons. The third kappa shape index (κ3) is 7.19. The zero-order chi connectivity index (χ0) is 21.1. The standard InChI is InChI=1S/C20H28F2N2S.CH2O2/c1-5-14(3)19(20(21)22)23-17(18-12-16(6-2)13-25-18)11-15(4)24-9-7-8-10-24;2-1-3/h11-13,20H,5-10H2,1-4H3;1H,(H,2,3)/b15-11+,19-14+,23-17+;. The SMILES string of the molecule is CC/C(C)=C(/N=C(\C=C(/C)N1CCCC1)c1cc(CC)cs1)C(F)F.O=CO. The maximum Gasteiger partial charge on any atom is 0.290 e. The fourth-order valence-corrected chi connectivity index (χ4v) is 3.81. The number of nitrogens with zero attached hydrogens (tertiary/aromatic N) is 2. The lowest BCUT2D eigenvalue weighted by atomic mass is 10.1. The van der Waals surface area contributed by atoms with Crippen LogP contribution in [0.2, 0.25) is 0 Å². The Morgan fingerprint density at radius 3 is 2.39 bits per heavy atom. The first-order valence-electron chi connectivity index (χ1n) is 9.53. The van der Waals surface area contributed by atoms with Crippen molar-refractivity contribution in [3.8, 4) is 0 Å². The summed E-state index contributed by atoms with van der Waals surface area (Å²) in [4.78, 5) is 16.1. The summed E-state index contributed by atoms with van der Waals surface area (Å²) in [7, 11) is 0. The van der Waals surface area contributed by atoms with Crippen LogP contribution in [0.25, 0.3) is 0 Å². The summed E-state index contributed by atoms with van der Waals surface area (Å²) in [6.45, 7) is 9.59. The number of carbonyl (C=O) groups is 1. The molecule has 0 amide bonds. The zero-order valence-corrected chi connectivity index (χ0v) is 17.9. The van der Waals surface area contributed by atoms with Crippen LogP contribution >= 0.6 is 11.3 Å². The van der Waals surface area contributed by atoms with Crippen molar-refractivity contribution in [2.75, 3.05) is 13.1 Å². The van der Waals surface area contributed by atoms with Gasteiger partial charge in [0.05, 0.1) is 10.6 Å². The Balaban J connectivity index is 0.00000122. The molecule has 0 atom stereocenters. The van der Waals surface area contributed by atoms with Crippen LogP contribution in [-0.4, -0.2) is 41.7 Å². The maximum absolute atomic E-state index is 13.5. The highest BCUT2D eigenvalue weighted by Crippen LogP contribution is 2.24. The zero-order valence-electron chi connectivity index (χ0n) is 17.0. The normalized spacial score (nSPS) is 16.0. The van der Waals surface area contributed by atoms with Crippen LogP contribution in [0.5, 0.6) is 0 Å². The fourth-order valence-electron chi connectivity index (χ4n) is 2.85. The molecule has 156 valence electrons. The van der Waals surface area contributed by atoms with Crippen LogP contribution in [0.15, 0.2) is 39.5 Å². The van der Waals surface area contributed by atoms with Crippen LogP contribution in [0.1, 0.15) is 57.4 Å². The van der Waals surface area contributed by atoms with E-state index in [9.17, 15) is 8.78 Å². The minimum absolute atomic E-state index is 0.0885. The Labute approximate surface area is 170 Å². The molecule has 1 aromatic heterocycles. The van der Waals surface area contributed by atoms with Crippen molar-refractivity contribution in [3.63, 3.8) is 0 Å². The summed E-state index contributed by atoms with van der Waals surface area (Å²) in [5.74, 6) is 0. The molecule has 1 aliphatic rings. The average Bonchev–Trinajstić information content (AvgIpc) is 3.36. The van der Waals surface area contributed by atoms with Gasteiger partial charge < -0.3 is 10.0 Å². The number of carboxylic acid groups (broad SMARTS) is 1. The second-order valence-electron chi connectivity index (χ2n) is 6.57. The highest BCUT2D eigenvalue weighted by molar-refractivity contribution is 7.12. The molecule has 7 heteroatoms. The molecule has 1 fully saturated rings. The van der Waals surface area contributed by atoms with E-state index in [0.29, 0.717) is 17.7 Å². The van der Waals surface area contributed by atoms with Gasteiger partial charge in [-0.3, -0.25) is 4.79 Å². The number of rotatable bonds is 7. The molecule has 0 spiro atoms. The van der Waals surface area contributed by atoms with Crippen LogP contribution in [-0.2, 0) is 11.2 Å². The minimum atomic E-state index is -2.55.